The number of halogens is 2. The number of hydrogen-bond donors (Lipinski definition) is 1. The van der Waals surface area contributed by atoms with Crippen LogP contribution in [0.4, 0.5) is 14.5 Å². The molecule has 0 fully saturated rings. The Morgan fingerprint density at radius 2 is 1.70 bits per heavy atom. The molecule has 2 rings (SSSR count). The fourth-order valence-corrected chi connectivity index (χ4v) is 2.23. The molecule has 0 bridgehead atoms. The third kappa shape index (κ3) is 2.96. The SMILES string of the molecule is C[C@@H](O)c1cccc(F)c1N(C)Cc1ccccc1F. The van der Waals surface area contributed by atoms with E-state index in [-0.39, 0.29) is 12.4 Å². The van der Waals surface area contributed by atoms with E-state index in [9.17, 15) is 13.9 Å². The van der Waals surface area contributed by atoms with Gasteiger partial charge in [0.25, 0.3) is 0 Å². The zero-order chi connectivity index (χ0) is 14.7. The molecule has 0 spiro atoms. The largest absolute Gasteiger partial charge is 0.389 e. The van der Waals surface area contributed by atoms with Crippen LogP contribution in [0.25, 0.3) is 0 Å². The maximum Gasteiger partial charge on any atom is 0.146 e. The highest BCUT2D eigenvalue weighted by molar-refractivity contribution is 5.55. The molecule has 0 aliphatic rings. The van der Waals surface area contributed by atoms with Crippen molar-refractivity contribution in [1.82, 2.24) is 0 Å². The van der Waals surface area contributed by atoms with Crippen LogP contribution in [0.3, 0.4) is 0 Å². The van der Waals surface area contributed by atoms with E-state index in [2.05, 4.69) is 0 Å². The molecule has 0 saturated carbocycles. The summed E-state index contributed by atoms with van der Waals surface area (Å²) in [7, 11) is 1.68. The van der Waals surface area contributed by atoms with Crippen LogP contribution >= 0.6 is 0 Å². The van der Waals surface area contributed by atoms with Gasteiger partial charge < -0.3 is 10.0 Å². The van der Waals surface area contributed by atoms with Gasteiger partial charge in [-0.1, -0.05) is 30.3 Å². The van der Waals surface area contributed by atoms with Gasteiger partial charge in [-0.15, -0.1) is 0 Å². The number of anilines is 1. The number of aliphatic hydroxyl groups excluding tert-OH is 1. The Labute approximate surface area is 117 Å². The van der Waals surface area contributed by atoms with Crippen molar-refractivity contribution < 1.29 is 13.9 Å². The first-order valence-electron chi connectivity index (χ1n) is 6.41. The molecular formula is C16H17F2NO. The molecule has 20 heavy (non-hydrogen) atoms. The Kier molecular flexibility index (Phi) is 4.35. The fourth-order valence-electron chi connectivity index (χ4n) is 2.23. The minimum absolute atomic E-state index is 0.229. The van der Waals surface area contributed by atoms with Crippen molar-refractivity contribution in [1.29, 1.82) is 0 Å². The average molecular weight is 277 g/mol. The summed E-state index contributed by atoms with van der Waals surface area (Å²) in [5.74, 6) is -0.753. The molecule has 0 amide bonds. The highest BCUT2D eigenvalue weighted by Gasteiger charge is 2.17. The minimum atomic E-state index is -0.788. The first-order valence-corrected chi connectivity index (χ1v) is 6.41. The monoisotopic (exact) mass is 277 g/mol. The van der Waals surface area contributed by atoms with E-state index in [1.165, 1.54) is 12.1 Å². The topological polar surface area (TPSA) is 23.5 Å². The Hall–Kier alpha value is -1.94. The molecular weight excluding hydrogens is 260 g/mol. The second kappa shape index (κ2) is 6.01. The normalized spacial score (nSPS) is 12.2. The van der Waals surface area contributed by atoms with Crippen LogP contribution in [0.5, 0.6) is 0 Å². The van der Waals surface area contributed by atoms with Crippen molar-refractivity contribution in [3.63, 3.8) is 0 Å². The molecule has 0 aliphatic heterocycles. The van der Waals surface area contributed by atoms with Crippen molar-refractivity contribution in [2.45, 2.75) is 19.6 Å². The predicted molar refractivity (Wildman–Crippen MR) is 75.5 cm³/mol. The molecule has 0 aromatic heterocycles. The molecule has 4 heteroatoms. The average Bonchev–Trinajstić information content (AvgIpc) is 2.40. The highest BCUT2D eigenvalue weighted by Crippen LogP contribution is 2.29. The summed E-state index contributed by atoms with van der Waals surface area (Å²) >= 11 is 0. The van der Waals surface area contributed by atoms with E-state index in [0.717, 1.165) is 0 Å². The number of aliphatic hydroxyl groups is 1. The van der Waals surface area contributed by atoms with Gasteiger partial charge >= 0.3 is 0 Å². The van der Waals surface area contributed by atoms with E-state index >= 15 is 0 Å². The standard InChI is InChI=1S/C16H17F2NO/c1-11(20)13-7-5-9-15(18)16(13)19(2)10-12-6-3-4-8-14(12)17/h3-9,11,20H,10H2,1-2H3/t11-/m1/s1. The molecule has 0 aliphatic carbocycles. The van der Waals surface area contributed by atoms with Crippen molar-refractivity contribution in [3.8, 4) is 0 Å². The molecule has 1 N–H and O–H groups in total. The quantitative estimate of drug-likeness (QED) is 0.922. The lowest BCUT2D eigenvalue weighted by atomic mass is 10.1. The summed E-state index contributed by atoms with van der Waals surface area (Å²) in [6.07, 6.45) is -0.788. The van der Waals surface area contributed by atoms with Crippen molar-refractivity contribution in [2.24, 2.45) is 0 Å². The molecule has 2 aromatic carbocycles. The number of hydrogen-bond acceptors (Lipinski definition) is 2. The number of rotatable bonds is 4. The number of benzene rings is 2. The minimum Gasteiger partial charge on any atom is -0.389 e. The van der Waals surface area contributed by atoms with E-state index in [1.54, 1.807) is 49.2 Å². The predicted octanol–water partition coefficient (Wildman–Crippen LogP) is 3.65. The van der Waals surface area contributed by atoms with Gasteiger partial charge in [0.05, 0.1) is 11.8 Å². The zero-order valence-electron chi connectivity index (χ0n) is 11.5. The molecule has 0 saturated heterocycles. The lowest BCUT2D eigenvalue weighted by molar-refractivity contribution is 0.199. The van der Waals surface area contributed by atoms with E-state index < -0.39 is 11.9 Å². The van der Waals surface area contributed by atoms with Crippen LogP contribution in [-0.2, 0) is 6.54 Å². The van der Waals surface area contributed by atoms with Gasteiger partial charge in [0.1, 0.15) is 11.6 Å². The summed E-state index contributed by atoms with van der Waals surface area (Å²) in [4.78, 5) is 1.61. The van der Waals surface area contributed by atoms with Gasteiger partial charge in [0.15, 0.2) is 0 Å². The molecule has 1 atom stereocenters. The first-order chi connectivity index (χ1) is 9.50. The maximum atomic E-state index is 14.0. The summed E-state index contributed by atoms with van der Waals surface area (Å²) in [6.45, 7) is 1.81. The van der Waals surface area contributed by atoms with Gasteiger partial charge in [-0.3, -0.25) is 0 Å². The van der Waals surface area contributed by atoms with Gasteiger partial charge in [-0.05, 0) is 19.1 Å². The Bertz CT molecular complexity index is 599. The first kappa shape index (κ1) is 14.5. The van der Waals surface area contributed by atoms with Gasteiger partial charge in [0, 0.05) is 24.7 Å². The van der Waals surface area contributed by atoms with Crippen LogP contribution in [0.1, 0.15) is 24.2 Å². The molecule has 0 unspecified atom stereocenters. The summed E-state index contributed by atoms with van der Waals surface area (Å²) in [5, 5.41) is 9.73. The second-order valence-corrected chi connectivity index (χ2v) is 4.80. The van der Waals surface area contributed by atoms with Crippen LogP contribution in [0.15, 0.2) is 42.5 Å². The van der Waals surface area contributed by atoms with E-state index in [0.29, 0.717) is 16.8 Å². The molecule has 106 valence electrons. The maximum absolute atomic E-state index is 14.0. The smallest absolute Gasteiger partial charge is 0.146 e. The lowest BCUT2D eigenvalue weighted by Crippen LogP contribution is -2.20. The van der Waals surface area contributed by atoms with Crippen molar-refractivity contribution in [2.75, 3.05) is 11.9 Å². The van der Waals surface area contributed by atoms with E-state index in [4.69, 9.17) is 0 Å². The van der Waals surface area contributed by atoms with Gasteiger partial charge in [0.2, 0.25) is 0 Å². The van der Waals surface area contributed by atoms with Crippen LogP contribution < -0.4 is 4.90 Å². The second-order valence-electron chi connectivity index (χ2n) is 4.80. The molecule has 2 aromatic rings. The fraction of sp³-hybridized carbons (Fsp3) is 0.250. The number of nitrogens with zero attached hydrogens (tertiary/aromatic N) is 1. The van der Waals surface area contributed by atoms with Gasteiger partial charge in [-0.25, -0.2) is 8.78 Å². The van der Waals surface area contributed by atoms with Crippen LogP contribution in [-0.4, -0.2) is 12.2 Å². The summed E-state index contributed by atoms with van der Waals surface area (Å²) in [6, 6.07) is 10.9. The molecule has 0 heterocycles. The summed E-state index contributed by atoms with van der Waals surface area (Å²) in [5.41, 5.74) is 1.27. The van der Waals surface area contributed by atoms with Crippen LogP contribution in [0, 0.1) is 11.6 Å². The van der Waals surface area contributed by atoms with Crippen LogP contribution in [0.2, 0.25) is 0 Å². The summed E-state index contributed by atoms with van der Waals surface area (Å²) < 4.78 is 27.7. The van der Waals surface area contributed by atoms with Crippen molar-refractivity contribution >= 4 is 5.69 Å². The van der Waals surface area contributed by atoms with Crippen molar-refractivity contribution in [3.05, 3.63) is 65.2 Å². The molecule has 0 radical (unpaired) electrons. The Morgan fingerprint density at radius 1 is 1.05 bits per heavy atom. The highest BCUT2D eigenvalue weighted by atomic mass is 19.1. The number of para-hydroxylation sites is 1. The third-order valence-electron chi connectivity index (χ3n) is 3.22. The van der Waals surface area contributed by atoms with Gasteiger partial charge in [-0.2, -0.15) is 0 Å². The third-order valence-corrected chi connectivity index (χ3v) is 3.22. The lowest BCUT2D eigenvalue weighted by Gasteiger charge is -2.24. The molecule has 2 nitrogen and oxygen atoms in total. The Morgan fingerprint density at radius 3 is 2.35 bits per heavy atom. The zero-order valence-corrected chi connectivity index (χ0v) is 11.5. The van der Waals surface area contributed by atoms with E-state index in [1.807, 2.05) is 0 Å². The Balaban J connectivity index is 2.34.